The minimum absolute atomic E-state index is 0.0773. The molecule has 1 atom stereocenters. The largest absolute Gasteiger partial charge is 0.359 e. The molecule has 1 fully saturated rings. The quantitative estimate of drug-likeness (QED) is 0.862. The fourth-order valence-corrected chi connectivity index (χ4v) is 4.27. The molecule has 1 saturated heterocycles. The Kier molecular flexibility index (Phi) is 1.94. The van der Waals surface area contributed by atoms with Crippen LogP contribution >= 0.6 is 0 Å². The Morgan fingerprint density at radius 2 is 2.14 bits per heavy atom. The van der Waals surface area contributed by atoms with Gasteiger partial charge in [-0.3, -0.25) is 4.68 Å². The van der Waals surface area contributed by atoms with E-state index < -0.39 is 0 Å². The number of nitrogens with one attached hydrogen (secondary N) is 1. The number of nitrogens with zero attached hydrogens (tertiary/aromatic N) is 2. The molecular weight excluding hydrogens is 258 g/mol. The minimum Gasteiger partial charge on any atom is -0.359 e. The van der Waals surface area contributed by atoms with Crippen LogP contribution in [-0.2, 0) is 5.54 Å². The molecule has 1 spiro atoms. The van der Waals surface area contributed by atoms with E-state index in [4.69, 9.17) is 0 Å². The molecule has 0 amide bonds. The topological polar surface area (TPSA) is 20.2 Å². The molecule has 3 aliphatic rings. The molecule has 1 aromatic heterocycles. The molecule has 0 bridgehead atoms. The summed E-state index contributed by atoms with van der Waals surface area (Å²) in [6.45, 7) is 1.09. The first-order valence-corrected chi connectivity index (χ1v) is 7.52. The van der Waals surface area contributed by atoms with Gasteiger partial charge >= 0.3 is 0 Å². The Hall–Kier alpha value is -2.42. The third kappa shape index (κ3) is 1.13. The third-order valence-corrected chi connectivity index (χ3v) is 5.12. The van der Waals surface area contributed by atoms with E-state index in [0.29, 0.717) is 0 Å². The number of hydrogen-bond donors (Lipinski definition) is 1. The average Bonchev–Trinajstić information content (AvgIpc) is 3.15. The second-order valence-corrected chi connectivity index (χ2v) is 5.91. The lowest BCUT2D eigenvalue weighted by atomic mass is 9.85. The Morgan fingerprint density at radius 3 is 3.05 bits per heavy atom. The van der Waals surface area contributed by atoms with E-state index in [1.54, 1.807) is 0 Å². The molecule has 2 aromatic rings. The highest BCUT2D eigenvalue weighted by Gasteiger charge is 2.49. The van der Waals surface area contributed by atoms with E-state index in [0.717, 1.165) is 13.0 Å². The summed E-state index contributed by atoms with van der Waals surface area (Å²) in [5.41, 5.74) is 8.77. The van der Waals surface area contributed by atoms with Crippen LogP contribution in [0.25, 0.3) is 17.0 Å². The van der Waals surface area contributed by atoms with Crippen LogP contribution in [0, 0.1) is 0 Å². The summed E-state index contributed by atoms with van der Waals surface area (Å²) >= 11 is 0. The maximum atomic E-state index is 3.39. The van der Waals surface area contributed by atoms with E-state index in [9.17, 15) is 0 Å². The van der Waals surface area contributed by atoms with Crippen molar-refractivity contribution in [3.05, 3.63) is 65.5 Å². The summed E-state index contributed by atoms with van der Waals surface area (Å²) < 4.78 is 2.26. The number of para-hydroxylation sites is 1. The van der Waals surface area contributed by atoms with Crippen molar-refractivity contribution in [2.24, 2.45) is 0 Å². The van der Waals surface area contributed by atoms with Gasteiger partial charge in [-0.25, -0.2) is 0 Å². The fraction of sp³-hybridized carbons (Fsp3) is 0.222. The maximum absolute atomic E-state index is 3.39. The summed E-state index contributed by atoms with van der Waals surface area (Å²) in [6, 6.07) is 8.64. The monoisotopic (exact) mass is 275 g/mol. The zero-order valence-corrected chi connectivity index (χ0v) is 12.0. The van der Waals surface area contributed by atoms with E-state index in [2.05, 4.69) is 69.8 Å². The van der Waals surface area contributed by atoms with Gasteiger partial charge in [-0.05, 0) is 30.2 Å². The molecule has 1 unspecified atom stereocenters. The van der Waals surface area contributed by atoms with Crippen LogP contribution in [0.2, 0.25) is 0 Å². The number of benzene rings is 1. The van der Waals surface area contributed by atoms with E-state index in [1.165, 1.54) is 27.7 Å². The van der Waals surface area contributed by atoms with E-state index >= 15 is 0 Å². The molecule has 104 valence electrons. The zero-order chi connectivity index (χ0) is 14.0. The molecule has 5 rings (SSSR count). The highest BCUT2D eigenvalue weighted by Crippen LogP contribution is 2.52. The van der Waals surface area contributed by atoms with Gasteiger partial charge in [0.2, 0.25) is 0 Å². The molecule has 2 aliphatic heterocycles. The second-order valence-electron chi connectivity index (χ2n) is 5.91. The lowest BCUT2D eigenvalue weighted by Gasteiger charge is -2.39. The van der Waals surface area contributed by atoms with Gasteiger partial charge in [0.15, 0.2) is 0 Å². The molecule has 0 saturated carbocycles. The molecule has 0 radical (unpaired) electrons. The first kappa shape index (κ1) is 11.3. The van der Waals surface area contributed by atoms with Crippen molar-refractivity contribution in [1.82, 2.24) is 9.58 Å². The van der Waals surface area contributed by atoms with Crippen LogP contribution in [0.4, 0.5) is 0 Å². The van der Waals surface area contributed by atoms with Gasteiger partial charge in [0, 0.05) is 30.7 Å². The molecule has 1 N–H and O–H groups in total. The average molecular weight is 275 g/mol. The SMILES string of the molecule is CNn1c2c(c3ccccc31)C=CN1CCC3=CC=CC321. The fourth-order valence-electron chi connectivity index (χ4n) is 4.27. The van der Waals surface area contributed by atoms with Gasteiger partial charge in [0.1, 0.15) is 5.54 Å². The molecule has 1 aliphatic carbocycles. The smallest absolute Gasteiger partial charge is 0.123 e. The number of fused-ring (bicyclic) bond motifs is 3. The molecule has 21 heavy (non-hydrogen) atoms. The van der Waals surface area contributed by atoms with Crippen molar-refractivity contribution in [1.29, 1.82) is 0 Å². The van der Waals surface area contributed by atoms with Crippen LogP contribution in [0.1, 0.15) is 17.7 Å². The summed E-state index contributed by atoms with van der Waals surface area (Å²) in [6.07, 6.45) is 12.5. The summed E-state index contributed by atoms with van der Waals surface area (Å²) in [5, 5.41) is 1.32. The standard InChI is InChI=1S/C18H17N3/c1-19-21-16-7-3-2-6-14(16)15-9-12-20-11-8-13-5-4-10-18(13,20)17(15)21/h2-7,9-10,12,19H,8,11H2,1H3. The van der Waals surface area contributed by atoms with Gasteiger partial charge in [0.05, 0.1) is 11.2 Å². The Balaban J connectivity index is 1.96. The molecule has 3 heteroatoms. The summed E-state index contributed by atoms with van der Waals surface area (Å²) in [7, 11) is 2.00. The third-order valence-electron chi connectivity index (χ3n) is 5.12. The van der Waals surface area contributed by atoms with Gasteiger partial charge in [-0.1, -0.05) is 30.4 Å². The first-order chi connectivity index (χ1) is 10.4. The minimum atomic E-state index is -0.0773. The molecule has 1 aromatic carbocycles. The molecule has 3 nitrogen and oxygen atoms in total. The predicted octanol–water partition coefficient (Wildman–Crippen LogP) is 3.20. The maximum Gasteiger partial charge on any atom is 0.123 e. The second kappa shape index (κ2) is 3.61. The van der Waals surface area contributed by atoms with Crippen molar-refractivity contribution >= 4 is 17.0 Å². The van der Waals surface area contributed by atoms with Crippen molar-refractivity contribution in [2.45, 2.75) is 12.0 Å². The number of aromatic nitrogens is 1. The lowest BCUT2D eigenvalue weighted by Crippen LogP contribution is -2.41. The Morgan fingerprint density at radius 1 is 1.24 bits per heavy atom. The predicted molar refractivity (Wildman–Crippen MR) is 86.5 cm³/mol. The Labute approximate surface area is 123 Å². The van der Waals surface area contributed by atoms with Crippen LogP contribution in [-0.4, -0.2) is 23.2 Å². The number of rotatable bonds is 1. The van der Waals surface area contributed by atoms with Crippen LogP contribution < -0.4 is 5.43 Å². The lowest BCUT2D eigenvalue weighted by molar-refractivity contribution is 0.285. The van der Waals surface area contributed by atoms with Crippen molar-refractivity contribution in [3.63, 3.8) is 0 Å². The van der Waals surface area contributed by atoms with Gasteiger partial charge in [0.25, 0.3) is 0 Å². The van der Waals surface area contributed by atoms with Crippen LogP contribution in [0.3, 0.4) is 0 Å². The van der Waals surface area contributed by atoms with Crippen LogP contribution in [0.15, 0.2) is 54.3 Å². The van der Waals surface area contributed by atoms with Gasteiger partial charge in [-0.15, -0.1) is 0 Å². The highest BCUT2D eigenvalue weighted by atomic mass is 15.4. The molecule has 3 heterocycles. The van der Waals surface area contributed by atoms with Crippen molar-refractivity contribution in [3.8, 4) is 0 Å². The van der Waals surface area contributed by atoms with Crippen LogP contribution in [0.5, 0.6) is 0 Å². The van der Waals surface area contributed by atoms with E-state index in [1.807, 2.05) is 7.05 Å². The normalized spacial score (nSPS) is 25.0. The van der Waals surface area contributed by atoms with Gasteiger partial charge in [-0.2, -0.15) is 0 Å². The van der Waals surface area contributed by atoms with Gasteiger partial charge < -0.3 is 10.3 Å². The van der Waals surface area contributed by atoms with Crippen molar-refractivity contribution < 1.29 is 0 Å². The molecular formula is C18H17N3. The zero-order valence-electron chi connectivity index (χ0n) is 12.0. The van der Waals surface area contributed by atoms with Crippen molar-refractivity contribution in [2.75, 3.05) is 19.0 Å². The Bertz CT molecular complexity index is 853. The first-order valence-electron chi connectivity index (χ1n) is 7.52. The number of allylic oxidation sites excluding steroid dienone is 2. The number of hydrogen-bond acceptors (Lipinski definition) is 2. The van der Waals surface area contributed by atoms with E-state index in [-0.39, 0.29) is 5.54 Å². The summed E-state index contributed by atoms with van der Waals surface area (Å²) in [5.74, 6) is 0. The summed E-state index contributed by atoms with van der Waals surface area (Å²) in [4.78, 5) is 2.47. The highest BCUT2D eigenvalue weighted by molar-refractivity contribution is 5.93.